The van der Waals surface area contributed by atoms with Crippen molar-refractivity contribution in [2.45, 2.75) is 0 Å². The number of nitrogens with two attached hydrogens (primary N) is 1. The molecule has 1 saturated heterocycles. The van der Waals surface area contributed by atoms with Crippen molar-refractivity contribution >= 4 is 29.0 Å². The Labute approximate surface area is 112 Å². The normalized spacial score (nSPS) is 15.6. The lowest BCUT2D eigenvalue weighted by Crippen LogP contribution is -2.33. The summed E-state index contributed by atoms with van der Waals surface area (Å²) in [4.78, 5) is 15.7. The van der Waals surface area contributed by atoms with Crippen LogP contribution in [0.4, 0.5) is 11.4 Å². The van der Waals surface area contributed by atoms with E-state index in [2.05, 4.69) is 4.90 Å². The van der Waals surface area contributed by atoms with Crippen molar-refractivity contribution < 1.29 is 4.79 Å². The molecule has 18 heavy (non-hydrogen) atoms. The molecule has 1 aromatic rings. The van der Waals surface area contributed by atoms with Crippen LogP contribution >= 0.6 is 11.8 Å². The molecule has 1 aliphatic heterocycles. The van der Waals surface area contributed by atoms with Gasteiger partial charge in [0, 0.05) is 44.3 Å². The molecule has 0 spiro atoms. The summed E-state index contributed by atoms with van der Waals surface area (Å²) in [5, 5.41) is 0. The SMILES string of the molecule is CN(C)C(=O)c1ccc(N2CCSCC2)c(N)c1. The van der Waals surface area contributed by atoms with E-state index in [1.165, 1.54) is 0 Å². The van der Waals surface area contributed by atoms with E-state index in [-0.39, 0.29) is 5.91 Å². The zero-order chi connectivity index (χ0) is 13.1. The molecule has 1 aliphatic rings. The predicted molar refractivity (Wildman–Crippen MR) is 78.4 cm³/mol. The Balaban J connectivity index is 2.21. The van der Waals surface area contributed by atoms with Gasteiger partial charge in [0.1, 0.15) is 0 Å². The zero-order valence-corrected chi connectivity index (χ0v) is 11.7. The van der Waals surface area contributed by atoms with Crippen molar-refractivity contribution in [2.24, 2.45) is 0 Å². The summed E-state index contributed by atoms with van der Waals surface area (Å²) < 4.78 is 0. The van der Waals surface area contributed by atoms with Crippen LogP contribution in [-0.2, 0) is 0 Å². The fraction of sp³-hybridized carbons (Fsp3) is 0.462. The van der Waals surface area contributed by atoms with Crippen LogP contribution in [0.5, 0.6) is 0 Å². The average molecular weight is 265 g/mol. The second-order valence-corrected chi connectivity index (χ2v) is 5.80. The van der Waals surface area contributed by atoms with E-state index < -0.39 is 0 Å². The van der Waals surface area contributed by atoms with E-state index in [0.29, 0.717) is 11.3 Å². The van der Waals surface area contributed by atoms with Crippen molar-refractivity contribution in [2.75, 3.05) is 49.3 Å². The molecule has 1 fully saturated rings. The number of hydrogen-bond donors (Lipinski definition) is 1. The number of nitrogen functional groups attached to an aromatic ring is 1. The molecular formula is C13H19N3OS. The highest BCUT2D eigenvalue weighted by atomic mass is 32.2. The Hall–Kier alpha value is -1.36. The van der Waals surface area contributed by atoms with Crippen LogP contribution in [0.3, 0.4) is 0 Å². The first kappa shape index (κ1) is 13.1. The summed E-state index contributed by atoms with van der Waals surface area (Å²) in [7, 11) is 3.49. The first-order valence-electron chi connectivity index (χ1n) is 6.03. The van der Waals surface area contributed by atoms with E-state index in [4.69, 9.17) is 5.73 Å². The minimum atomic E-state index is -0.0116. The second kappa shape index (κ2) is 5.52. The number of carbonyl (C=O) groups excluding carboxylic acids is 1. The van der Waals surface area contributed by atoms with Crippen LogP contribution in [0.1, 0.15) is 10.4 Å². The highest BCUT2D eigenvalue weighted by molar-refractivity contribution is 7.99. The smallest absolute Gasteiger partial charge is 0.253 e. The molecule has 2 rings (SSSR count). The van der Waals surface area contributed by atoms with Crippen molar-refractivity contribution in [3.63, 3.8) is 0 Å². The third-order valence-electron chi connectivity index (χ3n) is 3.03. The van der Waals surface area contributed by atoms with Crippen LogP contribution < -0.4 is 10.6 Å². The van der Waals surface area contributed by atoms with Gasteiger partial charge in [-0.2, -0.15) is 11.8 Å². The number of anilines is 2. The van der Waals surface area contributed by atoms with Crippen LogP contribution in [-0.4, -0.2) is 49.5 Å². The lowest BCUT2D eigenvalue weighted by atomic mass is 10.1. The third-order valence-corrected chi connectivity index (χ3v) is 3.97. The van der Waals surface area contributed by atoms with Gasteiger partial charge in [-0.25, -0.2) is 0 Å². The Morgan fingerprint density at radius 2 is 2.00 bits per heavy atom. The molecule has 0 aliphatic carbocycles. The average Bonchev–Trinajstić information content (AvgIpc) is 2.38. The number of amides is 1. The number of benzene rings is 1. The van der Waals surface area contributed by atoms with Gasteiger partial charge in [-0.05, 0) is 18.2 Å². The Morgan fingerprint density at radius 3 is 2.56 bits per heavy atom. The van der Waals surface area contributed by atoms with Crippen molar-refractivity contribution in [3.05, 3.63) is 23.8 Å². The molecular weight excluding hydrogens is 246 g/mol. The molecule has 0 atom stereocenters. The van der Waals surface area contributed by atoms with Crippen molar-refractivity contribution in [3.8, 4) is 0 Å². The minimum Gasteiger partial charge on any atom is -0.397 e. The Morgan fingerprint density at radius 1 is 1.33 bits per heavy atom. The number of rotatable bonds is 2. The van der Waals surface area contributed by atoms with E-state index in [1.54, 1.807) is 25.1 Å². The summed E-state index contributed by atoms with van der Waals surface area (Å²) in [5.74, 6) is 2.26. The van der Waals surface area contributed by atoms with Crippen molar-refractivity contribution in [1.29, 1.82) is 0 Å². The molecule has 1 aromatic carbocycles. The van der Waals surface area contributed by atoms with Crippen LogP contribution in [0.2, 0.25) is 0 Å². The summed E-state index contributed by atoms with van der Waals surface area (Å²) in [6, 6.07) is 5.59. The van der Waals surface area contributed by atoms with Gasteiger partial charge in [-0.3, -0.25) is 4.79 Å². The molecule has 1 amide bonds. The third kappa shape index (κ3) is 2.72. The quantitative estimate of drug-likeness (QED) is 0.824. The molecule has 0 radical (unpaired) electrons. The van der Waals surface area contributed by atoms with Gasteiger partial charge < -0.3 is 15.5 Å². The molecule has 0 saturated carbocycles. The second-order valence-electron chi connectivity index (χ2n) is 4.57. The topological polar surface area (TPSA) is 49.6 Å². The maximum atomic E-state index is 11.8. The van der Waals surface area contributed by atoms with Gasteiger partial charge in [0.25, 0.3) is 5.91 Å². The van der Waals surface area contributed by atoms with Gasteiger partial charge in [0.05, 0.1) is 11.4 Å². The first-order valence-corrected chi connectivity index (χ1v) is 7.19. The van der Waals surface area contributed by atoms with E-state index in [0.717, 1.165) is 30.3 Å². The first-order chi connectivity index (χ1) is 8.59. The number of carbonyl (C=O) groups is 1. The van der Waals surface area contributed by atoms with E-state index in [9.17, 15) is 4.79 Å². The number of nitrogens with zero attached hydrogens (tertiary/aromatic N) is 2. The Kier molecular flexibility index (Phi) is 4.01. The molecule has 0 bridgehead atoms. The Bertz CT molecular complexity index is 442. The zero-order valence-electron chi connectivity index (χ0n) is 10.8. The lowest BCUT2D eigenvalue weighted by molar-refractivity contribution is 0.0827. The summed E-state index contributed by atoms with van der Waals surface area (Å²) >= 11 is 1.97. The lowest BCUT2D eigenvalue weighted by Gasteiger charge is -2.29. The maximum Gasteiger partial charge on any atom is 0.253 e. The standard InChI is InChI=1S/C13H19N3OS/c1-15(2)13(17)10-3-4-12(11(14)9-10)16-5-7-18-8-6-16/h3-4,9H,5-8,14H2,1-2H3. The fourth-order valence-electron chi connectivity index (χ4n) is 2.04. The van der Waals surface area contributed by atoms with Crippen LogP contribution in [0, 0.1) is 0 Å². The largest absolute Gasteiger partial charge is 0.397 e. The molecule has 0 unspecified atom stereocenters. The number of thioether (sulfide) groups is 1. The van der Waals surface area contributed by atoms with Gasteiger partial charge in [-0.1, -0.05) is 0 Å². The minimum absolute atomic E-state index is 0.0116. The van der Waals surface area contributed by atoms with E-state index in [1.807, 2.05) is 23.9 Å². The van der Waals surface area contributed by atoms with Crippen molar-refractivity contribution in [1.82, 2.24) is 4.90 Å². The van der Waals surface area contributed by atoms with Gasteiger partial charge in [0.15, 0.2) is 0 Å². The molecule has 0 aromatic heterocycles. The fourth-order valence-corrected chi connectivity index (χ4v) is 2.94. The molecule has 98 valence electrons. The highest BCUT2D eigenvalue weighted by Crippen LogP contribution is 2.27. The molecule has 2 N–H and O–H groups in total. The molecule has 1 heterocycles. The monoisotopic (exact) mass is 265 g/mol. The van der Waals surface area contributed by atoms with Gasteiger partial charge in [0.2, 0.25) is 0 Å². The van der Waals surface area contributed by atoms with Crippen LogP contribution in [0.15, 0.2) is 18.2 Å². The molecule has 5 heteroatoms. The van der Waals surface area contributed by atoms with Crippen LogP contribution in [0.25, 0.3) is 0 Å². The highest BCUT2D eigenvalue weighted by Gasteiger charge is 2.15. The van der Waals surface area contributed by atoms with Gasteiger partial charge >= 0.3 is 0 Å². The number of hydrogen-bond acceptors (Lipinski definition) is 4. The van der Waals surface area contributed by atoms with E-state index >= 15 is 0 Å². The predicted octanol–water partition coefficient (Wildman–Crippen LogP) is 1.52. The summed E-state index contributed by atoms with van der Waals surface area (Å²) in [5.41, 5.74) is 8.45. The maximum absolute atomic E-state index is 11.8. The molecule has 4 nitrogen and oxygen atoms in total. The van der Waals surface area contributed by atoms with Gasteiger partial charge in [-0.15, -0.1) is 0 Å². The summed E-state index contributed by atoms with van der Waals surface area (Å²) in [6.07, 6.45) is 0. The summed E-state index contributed by atoms with van der Waals surface area (Å²) in [6.45, 7) is 2.05.